The third-order valence-corrected chi connectivity index (χ3v) is 3.85. The lowest BCUT2D eigenvalue weighted by atomic mass is 10.1. The van der Waals surface area contributed by atoms with E-state index in [4.69, 9.17) is 28.5 Å². The van der Waals surface area contributed by atoms with Gasteiger partial charge in [0.05, 0.1) is 10.6 Å². The van der Waals surface area contributed by atoms with E-state index in [2.05, 4.69) is 10.3 Å². The summed E-state index contributed by atoms with van der Waals surface area (Å²) in [5, 5.41) is 14.5. The number of benzene rings is 2. The van der Waals surface area contributed by atoms with Crippen molar-refractivity contribution < 1.29 is 0 Å². The second kappa shape index (κ2) is 5.69. The Bertz CT molecular complexity index is 846. The summed E-state index contributed by atoms with van der Waals surface area (Å²) in [6.07, 6.45) is 1.96. The maximum Gasteiger partial charge on any atom is 0.101 e. The van der Waals surface area contributed by atoms with Gasteiger partial charge in [-0.3, -0.25) is 0 Å². The lowest BCUT2D eigenvalue weighted by molar-refractivity contribution is 1.16. The second-order valence-corrected chi connectivity index (χ2v) is 5.51. The number of halogens is 2. The number of nitrogens with zero attached hydrogens (tertiary/aromatic N) is 1. The standard InChI is InChI=1S/C16H11Cl2N3/c17-12-2-4-14-11(9-21-16(14)5-12)8-20-13-3-1-10(7-19)15(18)6-13/h1-6,9,20-21H,8H2. The third-order valence-electron chi connectivity index (χ3n) is 3.30. The lowest BCUT2D eigenvalue weighted by Gasteiger charge is -2.07. The van der Waals surface area contributed by atoms with Crippen LogP contribution in [0.3, 0.4) is 0 Å². The first-order valence-corrected chi connectivity index (χ1v) is 7.12. The average molecular weight is 316 g/mol. The highest BCUT2D eigenvalue weighted by Gasteiger charge is 2.05. The van der Waals surface area contributed by atoms with Crippen molar-refractivity contribution in [2.45, 2.75) is 6.54 Å². The van der Waals surface area contributed by atoms with Crippen LogP contribution in [-0.2, 0) is 6.54 Å². The van der Waals surface area contributed by atoms with Gasteiger partial charge in [0.2, 0.25) is 0 Å². The summed E-state index contributed by atoms with van der Waals surface area (Å²) >= 11 is 12.0. The van der Waals surface area contributed by atoms with Gasteiger partial charge in [-0.05, 0) is 35.9 Å². The van der Waals surface area contributed by atoms with Crippen LogP contribution in [0.1, 0.15) is 11.1 Å². The molecule has 0 fully saturated rings. The Hall–Kier alpha value is -2.15. The first-order chi connectivity index (χ1) is 10.2. The fourth-order valence-electron chi connectivity index (χ4n) is 2.22. The topological polar surface area (TPSA) is 51.6 Å². The molecule has 0 bridgehead atoms. The maximum atomic E-state index is 8.86. The Labute approximate surface area is 132 Å². The zero-order valence-corrected chi connectivity index (χ0v) is 12.5. The van der Waals surface area contributed by atoms with Crippen LogP contribution in [0.2, 0.25) is 10.0 Å². The minimum absolute atomic E-state index is 0.452. The summed E-state index contributed by atoms with van der Waals surface area (Å²) in [5.41, 5.74) is 3.51. The molecular weight excluding hydrogens is 305 g/mol. The zero-order valence-electron chi connectivity index (χ0n) is 11.0. The average Bonchev–Trinajstić information content (AvgIpc) is 2.87. The van der Waals surface area contributed by atoms with Gasteiger partial charge in [-0.1, -0.05) is 29.3 Å². The fourth-order valence-corrected chi connectivity index (χ4v) is 2.61. The number of rotatable bonds is 3. The summed E-state index contributed by atoms with van der Waals surface area (Å²) in [6.45, 7) is 0.657. The van der Waals surface area contributed by atoms with E-state index in [9.17, 15) is 0 Å². The first-order valence-electron chi connectivity index (χ1n) is 6.36. The number of nitriles is 1. The SMILES string of the molecule is N#Cc1ccc(NCc2c[nH]c3cc(Cl)ccc23)cc1Cl. The molecule has 104 valence electrons. The van der Waals surface area contributed by atoms with E-state index >= 15 is 0 Å². The van der Waals surface area contributed by atoms with Gasteiger partial charge in [0, 0.05) is 34.4 Å². The highest BCUT2D eigenvalue weighted by Crippen LogP contribution is 2.24. The Morgan fingerprint density at radius 3 is 2.76 bits per heavy atom. The molecule has 2 N–H and O–H groups in total. The van der Waals surface area contributed by atoms with Crippen LogP contribution in [0.25, 0.3) is 10.9 Å². The number of fused-ring (bicyclic) bond motifs is 1. The highest BCUT2D eigenvalue weighted by atomic mass is 35.5. The van der Waals surface area contributed by atoms with Crippen LogP contribution < -0.4 is 5.32 Å². The molecule has 0 amide bonds. The number of H-pyrrole nitrogens is 1. The number of hydrogen-bond donors (Lipinski definition) is 2. The quantitative estimate of drug-likeness (QED) is 0.717. The summed E-state index contributed by atoms with van der Waals surface area (Å²) < 4.78 is 0. The molecule has 0 saturated heterocycles. The van der Waals surface area contributed by atoms with Crippen LogP contribution in [0.5, 0.6) is 0 Å². The Balaban J connectivity index is 1.80. The normalized spacial score (nSPS) is 10.5. The maximum absolute atomic E-state index is 8.86. The van der Waals surface area contributed by atoms with Gasteiger partial charge in [0.25, 0.3) is 0 Å². The number of hydrogen-bond acceptors (Lipinski definition) is 2. The molecular formula is C16H11Cl2N3. The molecule has 5 heteroatoms. The van der Waals surface area contributed by atoms with E-state index in [1.54, 1.807) is 12.1 Å². The van der Waals surface area contributed by atoms with Gasteiger partial charge in [-0.15, -0.1) is 0 Å². The Morgan fingerprint density at radius 2 is 2.00 bits per heavy atom. The van der Waals surface area contributed by atoms with E-state index in [1.165, 1.54) is 0 Å². The fraction of sp³-hybridized carbons (Fsp3) is 0.0625. The highest BCUT2D eigenvalue weighted by molar-refractivity contribution is 6.32. The van der Waals surface area contributed by atoms with Crippen molar-refractivity contribution in [2.75, 3.05) is 5.32 Å². The first kappa shape index (κ1) is 13.8. The zero-order chi connectivity index (χ0) is 14.8. The largest absolute Gasteiger partial charge is 0.381 e. The van der Waals surface area contributed by atoms with E-state index in [0.717, 1.165) is 22.2 Å². The molecule has 3 aromatic rings. The number of nitrogens with one attached hydrogen (secondary N) is 2. The summed E-state index contributed by atoms with van der Waals surface area (Å²) in [6, 6.07) is 13.1. The summed E-state index contributed by atoms with van der Waals surface area (Å²) in [7, 11) is 0. The molecule has 0 atom stereocenters. The van der Waals surface area contributed by atoms with Gasteiger partial charge in [-0.2, -0.15) is 5.26 Å². The monoisotopic (exact) mass is 315 g/mol. The van der Waals surface area contributed by atoms with E-state index in [1.807, 2.05) is 36.5 Å². The smallest absolute Gasteiger partial charge is 0.101 e. The molecule has 0 radical (unpaired) electrons. The van der Waals surface area contributed by atoms with Crippen molar-refractivity contribution >= 4 is 39.8 Å². The van der Waals surface area contributed by atoms with Crippen molar-refractivity contribution in [3.63, 3.8) is 0 Å². The third kappa shape index (κ3) is 2.82. The van der Waals surface area contributed by atoms with Gasteiger partial charge in [0.1, 0.15) is 6.07 Å². The van der Waals surface area contributed by atoms with Gasteiger partial charge < -0.3 is 10.3 Å². The molecule has 3 rings (SSSR count). The molecule has 2 aromatic carbocycles. The summed E-state index contributed by atoms with van der Waals surface area (Å²) in [4.78, 5) is 3.20. The van der Waals surface area contributed by atoms with Crippen molar-refractivity contribution in [2.24, 2.45) is 0 Å². The van der Waals surface area contributed by atoms with Crippen LogP contribution >= 0.6 is 23.2 Å². The molecule has 0 aliphatic heterocycles. The molecule has 3 nitrogen and oxygen atoms in total. The summed E-state index contributed by atoms with van der Waals surface area (Å²) in [5.74, 6) is 0. The predicted octanol–water partition coefficient (Wildman–Crippen LogP) is 4.96. The van der Waals surface area contributed by atoms with E-state index in [0.29, 0.717) is 22.2 Å². The van der Waals surface area contributed by atoms with Crippen molar-refractivity contribution in [1.82, 2.24) is 4.98 Å². The van der Waals surface area contributed by atoms with Crippen LogP contribution in [0.15, 0.2) is 42.6 Å². The van der Waals surface area contributed by atoms with Gasteiger partial charge >= 0.3 is 0 Å². The minimum Gasteiger partial charge on any atom is -0.381 e. The molecule has 0 aliphatic carbocycles. The van der Waals surface area contributed by atoms with Crippen molar-refractivity contribution in [1.29, 1.82) is 5.26 Å². The number of anilines is 1. The van der Waals surface area contributed by atoms with Gasteiger partial charge in [0.15, 0.2) is 0 Å². The molecule has 1 heterocycles. The van der Waals surface area contributed by atoms with Crippen LogP contribution in [0, 0.1) is 11.3 Å². The lowest BCUT2D eigenvalue weighted by Crippen LogP contribution is -1.98. The second-order valence-electron chi connectivity index (χ2n) is 4.66. The number of aromatic amines is 1. The van der Waals surface area contributed by atoms with E-state index in [-0.39, 0.29) is 0 Å². The number of aromatic nitrogens is 1. The van der Waals surface area contributed by atoms with Crippen molar-refractivity contribution in [3.05, 3.63) is 63.8 Å². The van der Waals surface area contributed by atoms with Crippen molar-refractivity contribution in [3.8, 4) is 6.07 Å². The molecule has 1 aromatic heterocycles. The molecule has 0 aliphatic rings. The van der Waals surface area contributed by atoms with Crippen LogP contribution in [-0.4, -0.2) is 4.98 Å². The predicted molar refractivity (Wildman–Crippen MR) is 86.8 cm³/mol. The minimum atomic E-state index is 0.452. The van der Waals surface area contributed by atoms with E-state index < -0.39 is 0 Å². The molecule has 0 spiro atoms. The Morgan fingerprint density at radius 1 is 1.14 bits per heavy atom. The molecule has 0 saturated carbocycles. The Kier molecular flexibility index (Phi) is 3.74. The van der Waals surface area contributed by atoms with Gasteiger partial charge in [-0.25, -0.2) is 0 Å². The van der Waals surface area contributed by atoms with Crippen LogP contribution in [0.4, 0.5) is 5.69 Å². The molecule has 0 unspecified atom stereocenters. The molecule has 21 heavy (non-hydrogen) atoms.